The second-order valence-corrected chi connectivity index (χ2v) is 5.75. The zero-order chi connectivity index (χ0) is 12.5. The van der Waals surface area contributed by atoms with Gasteiger partial charge in [0, 0.05) is 13.1 Å². The van der Waals surface area contributed by atoms with Crippen LogP contribution in [0.2, 0.25) is 0 Å². The molecule has 0 saturated carbocycles. The number of aliphatic hydroxyl groups excluding tert-OH is 1. The summed E-state index contributed by atoms with van der Waals surface area (Å²) >= 11 is 0. The van der Waals surface area contributed by atoms with E-state index in [1.54, 1.807) is 11.8 Å². The summed E-state index contributed by atoms with van der Waals surface area (Å²) in [5.74, 6) is 0.631. The number of likely N-dealkylation sites (tertiary alicyclic amines) is 1. The van der Waals surface area contributed by atoms with Gasteiger partial charge in [0.25, 0.3) is 0 Å². The summed E-state index contributed by atoms with van der Waals surface area (Å²) in [6.45, 7) is 10.8. The van der Waals surface area contributed by atoms with Gasteiger partial charge in [-0.3, -0.25) is 0 Å². The van der Waals surface area contributed by atoms with E-state index in [4.69, 9.17) is 4.74 Å². The van der Waals surface area contributed by atoms with Crippen molar-refractivity contribution in [1.82, 2.24) is 4.90 Å². The van der Waals surface area contributed by atoms with Crippen molar-refractivity contribution in [2.45, 2.75) is 46.3 Å². The van der Waals surface area contributed by atoms with Crippen molar-refractivity contribution >= 4 is 6.09 Å². The molecule has 1 aliphatic rings. The Balaban J connectivity index is 2.33. The molecule has 1 fully saturated rings. The third kappa shape index (κ3) is 3.37. The van der Waals surface area contributed by atoms with Crippen molar-refractivity contribution < 1.29 is 14.6 Å². The van der Waals surface area contributed by atoms with Gasteiger partial charge >= 0.3 is 6.09 Å². The van der Waals surface area contributed by atoms with Crippen LogP contribution in [0.3, 0.4) is 0 Å². The van der Waals surface area contributed by atoms with E-state index in [9.17, 15) is 9.90 Å². The largest absolute Gasteiger partial charge is 0.444 e. The van der Waals surface area contributed by atoms with Crippen LogP contribution in [-0.2, 0) is 4.74 Å². The quantitative estimate of drug-likeness (QED) is 0.786. The second kappa shape index (κ2) is 4.62. The topological polar surface area (TPSA) is 49.8 Å². The van der Waals surface area contributed by atoms with Crippen LogP contribution in [0, 0.1) is 11.8 Å². The molecule has 1 aliphatic heterocycles. The molecule has 0 aromatic carbocycles. The van der Waals surface area contributed by atoms with Crippen molar-refractivity contribution in [2.24, 2.45) is 11.8 Å². The van der Waals surface area contributed by atoms with Crippen LogP contribution >= 0.6 is 0 Å². The molecule has 2 unspecified atom stereocenters. The normalized spacial score (nSPS) is 21.2. The maximum Gasteiger partial charge on any atom is 0.410 e. The van der Waals surface area contributed by atoms with E-state index in [1.807, 2.05) is 27.7 Å². The Labute approximate surface area is 97.6 Å². The fourth-order valence-electron chi connectivity index (χ4n) is 1.71. The fourth-order valence-corrected chi connectivity index (χ4v) is 1.71. The summed E-state index contributed by atoms with van der Waals surface area (Å²) < 4.78 is 5.25. The Morgan fingerprint density at radius 2 is 1.88 bits per heavy atom. The van der Waals surface area contributed by atoms with Crippen molar-refractivity contribution in [3.05, 3.63) is 0 Å². The lowest BCUT2D eigenvalue weighted by atomic mass is 9.84. The monoisotopic (exact) mass is 229 g/mol. The standard InChI is InChI=1S/C12H23NO3/c1-8(9(2)14)10-6-13(7-10)11(15)16-12(3,4)5/h8-10,14H,6-7H2,1-5H3. The molecule has 0 aliphatic carbocycles. The van der Waals surface area contributed by atoms with E-state index in [1.165, 1.54) is 0 Å². The molecule has 0 bridgehead atoms. The van der Waals surface area contributed by atoms with E-state index in [0.29, 0.717) is 19.0 Å². The van der Waals surface area contributed by atoms with Gasteiger partial charge in [0.1, 0.15) is 5.60 Å². The van der Waals surface area contributed by atoms with Crippen LogP contribution in [0.15, 0.2) is 0 Å². The molecule has 1 saturated heterocycles. The molecule has 2 atom stereocenters. The molecular formula is C12H23NO3. The number of hydrogen-bond donors (Lipinski definition) is 1. The number of amides is 1. The highest BCUT2D eigenvalue weighted by atomic mass is 16.6. The van der Waals surface area contributed by atoms with E-state index in [2.05, 4.69) is 0 Å². The molecule has 0 aromatic heterocycles. The number of nitrogens with zero attached hydrogens (tertiary/aromatic N) is 1. The van der Waals surface area contributed by atoms with Crippen LogP contribution < -0.4 is 0 Å². The number of carbonyl (C=O) groups excluding carboxylic acids is 1. The molecule has 1 N–H and O–H groups in total. The molecule has 0 spiro atoms. The fraction of sp³-hybridized carbons (Fsp3) is 0.917. The Kier molecular flexibility index (Phi) is 3.84. The van der Waals surface area contributed by atoms with Crippen LogP contribution in [0.5, 0.6) is 0 Å². The van der Waals surface area contributed by atoms with Gasteiger partial charge in [-0.1, -0.05) is 6.92 Å². The Hall–Kier alpha value is -0.770. The van der Waals surface area contributed by atoms with Gasteiger partial charge in [-0.05, 0) is 39.5 Å². The molecule has 16 heavy (non-hydrogen) atoms. The van der Waals surface area contributed by atoms with Crippen molar-refractivity contribution in [3.8, 4) is 0 Å². The first kappa shape index (κ1) is 13.3. The summed E-state index contributed by atoms with van der Waals surface area (Å²) in [5.41, 5.74) is -0.432. The van der Waals surface area contributed by atoms with Crippen molar-refractivity contribution in [1.29, 1.82) is 0 Å². The maximum absolute atomic E-state index is 11.6. The van der Waals surface area contributed by atoms with Crippen LogP contribution in [-0.4, -0.2) is 40.9 Å². The minimum Gasteiger partial charge on any atom is -0.444 e. The Morgan fingerprint density at radius 1 is 1.38 bits per heavy atom. The highest BCUT2D eigenvalue weighted by molar-refractivity contribution is 5.69. The SMILES string of the molecule is CC(O)C(C)C1CN(C(=O)OC(C)(C)C)C1. The van der Waals surface area contributed by atoms with Gasteiger partial charge in [-0.15, -0.1) is 0 Å². The zero-order valence-corrected chi connectivity index (χ0v) is 10.9. The van der Waals surface area contributed by atoms with Gasteiger partial charge in [-0.25, -0.2) is 4.79 Å². The molecule has 0 aromatic rings. The maximum atomic E-state index is 11.6. The number of ether oxygens (including phenoxy) is 1. The smallest absolute Gasteiger partial charge is 0.410 e. The molecule has 94 valence electrons. The Bertz CT molecular complexity index is 251. The van der Waals surface area contributed by atoms with E-state index < -0.39 is 5.60 Å². The third-order valence-electron chi connectivity index (χ3n) is 3.07. The first-order valence-electron chi connectivity index (χ1n) is 5.86. The molecular weight excluding hydrogens is 206 g/mol. The first-order valence-corrected chi connectivity index (χ1v) is 5.86. The molecule has 0 radical (unpaired) electrons. The van der Waals surface area contributed by atoms with Crippen LogP contribution in [0.4, 0.5) is 4.79 Å². The van der Waals surface area contributed by atoms with Crippen LogP contribution in [0.25, 0.3) is 0 Å². The predicted octanol–water partition coefficient (Wildman–Crippen LogP) is 1.87. The molecule has 1 rings (SSSR count). The number of carbonyl (C=O) groups is 1. The van der Waals surface area contributed by atoms with E-state index in [-0.39, 0.29) is 18.1 Å². The van der Waals surface area contributed by atoms with Crippen LogP contribution in [0.1, 0.15) is 34.6 Å². The average Bonchev–Trinajstić information content (AvgIpc) is 1.96. The molecule has 4 nitrogen and oxygen atoms in total. The second-order valence-electron chi connectivity index (χ2n) is 5.75. The minimum absolute atomic E-state index is 0.235. The number of aliphatic hydroxyl groups is 1. The summed E-state index contributed by atoms with van der Waals surface area (Å²) in [4.78, 5) is 13.3. The van der Waals surface area contributed by atoms with Gasteiger partial charge in [0.05, 0.1) is 6.10 Å². The first-order chi connectivity index (χ1) is 7.20. The minimum atomic E-state index is -0.432. The lowest BCUT2D eigenvalue weighted by Crippen LogP contribution is -2.54. The summed E-state index contributed by atoms with van der Waals surface area (Å²) in [5, 5.41) is 9.43. The Morgan fingerprint density at radius 3 is 2.25 bits per heavy atom. The van der Waals surface area contributed by atoms with Crippen molar-refractivity contribution in [3.63, 3.8) is 0 Å². The van der Waals surface area contributed by atoms with Gasteiger partial charge in [-0.2, -0.15) is 0 Å². The van der Waals surface area contributed by atoms with E-state index >= 15 is 0 Å². The predicted molar refractivity (Wildman–Crippen MR) is 62.1 cm³/mol. The summed E-state index contributed by atoms with van der Waals surface area (Å²) in [6, 6.07) is 0. The number of rotatable bonds is 2. The van der Waals surface area contributed by atoms with Crippen molar-refractivity contribution in [2.75, 3.05) is 13.1 Å². The third-order valence-corrected chi connectivity index (χ3v) is 3.07. The number of hydrogen-bond acceptors (Lipinski definition) is 3. The van der Waals surface area contributed by atoms with Gasteiger partial charge in [0.15, 0.2) is 0 Å². The van der Waals surface area contributed by atoms with E-state index in [0.717, 1.165) is 0 Å². The highest BCUT2D eigenvalue weighted by Gasteiger charge is 2.37. The molecule has 1 heterocycles. The molecule has 4 heteroatoms. The lowest BCUT2D eigenvalue weighted by molar-refractivity contribution is -0.0246. The van der Waals surface area contributed by atoms with Gasteiger partial charge < -0.3 is 14.7 Å². The summed E-state index contributed by atoms with van der Waals surface area (Å²) in [7, 11) is 0. The average molecular weight is 229 g/mol. The zero-order valence-electron chi connectivity index (χ0n) is 10.9. The lowest BCUT2D eigenvalue weighted by Gasteiger charge is -2.43. The highest BCUT2D eigenvalue weighted by Crippen LogP contribution is 2.27. The molecule has 1 amide bonds. The summed E-state index contributed by atoms with van der Waals surface area (Å²) in [6.07, 6.45) is -0.563. The van der Waals surface area contributed by atoms with Gasteiger partial charge in [0.2, 0.25) is 0 Å².